The Hall–Kier alpha value is -0.810. The van der Waals surface area contributed by atoms with E-state index in [9.17, 15) is 4.79 Å². The highest BCUT2D eigenvalue weighted by atomic mass is 16.6. The Morgan fingerprint density at radius 1 is 1.21 bits per heavy atom. The molecule has 2 fully saturated rings. The molecule has 0 unspecified atom stereocenters. The van der Waals surface area contributed by atoms with Gasteiger partial charge in [-0.05, 0) is 46.6 Å². The maximum absolute atomic E-state index is 11.9. The number of nitrogens with one attached hydrogen (secondary N) is 2. The first-order chi connectivity index (χ1) is 8.94. The van der Waals surface area contributed by atoms with Crippen LogP contribution in [0, 0.1) is 0 Å². The van der Waals surface area contributed by atoms with Crippen LogP contribution in [0.5, 0.6) is 0 Å². The molecule has 1 atom stereocenters. The van der Waals surface area contributed by atoms with Gasteiger partial charge in [0, 0.05) is 31.7 Å². The summed E-state index contributed by atoms with van der Waals surface area (Å²) in [7, 11) is 0. The maximum atomic E-state index is 11.9. The van der Waals surface area contributed by atoms with E-state index < -0.39 is 5.60 Å². The SMILES string of the molecule is CC(C)(C)OC(=O)N1CCC(N[C@@H]2CCNC2)CC1. The summed E-state index contributed by atoms with van der Waals surface area (Å²) in [6.07, 6.45) is 3.09. The molecule has 2 rings (SSSR count). The number of hydrogen-bond acceptors (Lipinski definition) is 4. The summed E-state index contributed by atoms with van der Waals surface area (Å²) in [5.74, 6) is 0. The van der Waals surface area contributed by atoms with Crippen LogP contribution in [-0.2, 0) is 4.74 Å². The molecular formula is C14H27N3O2. The normalized spacial score (nSPS) is 25.6. The zero-order valence-corrected chi connectivity index (χ0v) is 12.4. The summed E-state index contributed by atoms with van der Waals surface area (Å²) in [4.78, 5) is 13.8. The van der Waals surface area contributed by atoms with Crippen molar-refractivity contribution >= 4 is 6.09 Å². The predicted molar refractivity (Wildman–Crippen MR) is 75.2 cm³/mol. The molecule has 2 N–H and O–H groups in total. The molecule has 0 radical (unpaired) electrons. The molecule has 0 aromatic carbocycles. The van der Waals surface area contributed by atoms with Gasteiger partial charge in [-0.25, -0.2) is 4.79 Å². The summed E-state index contributed by atoms with van der Waals surface area (Å²) in [5, 5.41) is 7.05. The van der Waals surface area contributed by atoms with Crippen LogP contribution >= 0.6 is 0 Å². The monoisotopic (exact) mass is 269 g/mol. The van der Waals surface area contributed by atoms with Gasteiger partial charge in [-0.1, -0.05) is 0 Å². The lowest BCUT2D eigenvalue weighted by atomic mass is 10.0. The van der Waals surface area contributed by atoms with E-state index in [1.165, 1.54) is 6.42 Å². The van der Waals surface area contributed by atoms with Crippen molar-refractivity contribution in [1.82, 2.24) is 15.5 Å². The summed E-state index contributed by atoms with van der Waals surface area (Å²) in [6, 6.07) is 1.15. The van der Waals surface area contributed by atoms with Crippen LogP contribution in [0.4, 0.5) is 4.79 Å². The first kappa shape index (κ1) is 14.6. The Kier molecular flexibility index (Phi) is 4.68. The Balaban J connectivity index is 1.71. The average molecular weight is 269 g/mol. The third-order valence-electron chi connectivity index (χ3n) is 3.68. The van der Waals surface area contributed by atoms with Gasteiger partial charge >= 0.3 is 6.09 Å². The van der Waals surface area contributed by atoms with Crippen molar-refractivity contribution in [2.75, 3.05) is 26.2 Å². The topological polar surface area (TPSA) is 53.6 Å². The second-order valence-corrected chi connectivity index (χ2v) is 6.60. The Labute approximate surface area is 116 Å². The van der Waals surface area contributed by atoms with Crippen LogP contribution in [0.15, 0.2) is 0 Å². The fraction of sp³-hybridized carbons (Fsp3) is 0.929. The van der Waals surface area contributed by atoms with Crippen LogP contribution in [0.1, 0.15) is 40.0 Å². The lowest BCUT2D eigenvalue weighted by molar-refractivity contribution is 0.0196. The number of ether oxygens (including phenoxy) is 1. The zero-order valence-electron chi connectivity index (χ0n) is 12.4. The molecule has 0 aliphatic carbocycles. The molecule has 0 aromatic rings. The maximum Gasteiger partial charge on any atom is 0.410 e. The fourth-order valence-electron chi connectivity index (χ4n) is 2.69. The van der Waals surface area contributed by atoms with Gasteiger partial charge in [0.1, 0.15) is 5.60 Å². The first-order valence-electron chi connectivity index (χ1n) is 7.39. The van der Waals surface area contributed by atoms with Gasteiger partial charge in [0.25, 0.3) is 0 Å². The van der Waals surface area contributed by atoms with E-state index in [-0.39, 0.29) is 6.09 Å². The summed E-state index contributed by atoms with van der Waals surface area (Å²) < 4.78 is 5.40. The van der Waals surface area contributed by atoms with Crippen molar-refractivity contribution in [2.45, 2.75) is 57.7 Å². The highest BCUT2D eigenvalue weighted by Gasteiger charge is 2.28. The second-order valence-electron chi connectivity index (χ2n) is 6.60. The predicted octanol–water partition coefficient (Wildman–Crippen LogP) is 1.34. The summed E-state index contributed by atoms with van der Waals surface area (Å²) in [5.41, 5.74) is -0.401. The smallest absolute Gasteiger partial charge is 0.410 e. The third kappa shape index (κ3) is 4.66. The molecule has 2 saturated heterocycles. The molecule has 2 aliphatic heterocycles. The minimum Gasteiger partial charge on any atom is -0.444 e. The number of piperidine rings is 1. The van der Waals surface area contributed by atoms with Gasteiger partial charge in [0.2, 0.25) is 0 Å². The Bertz CT molecular complexity index is 300. The van der Waals surface area contributed by atoms with Crippen molar-refractivity contribution in [3.05, 3.63) is 0 Å². The van der Waals surface area contributed by atoms with Gasteiger partial charge in [-0.2, -0.15) is 0 Å². The molecule has 0 aromatic heterocycles. The van der Waals surface area contributed by atoms with E-state index in [2.05, 4.69) is 10.6 Å². The lowest BCUT2D eigenvalue weighted by Gasteiger charge is -2.34. The highest BCUT2D eigenvalue weighted by Crippen LogP contribution is 2.16. The lowest BCUT2D eigenvalue weighted by Crippen LogP contribution is -2.49. The zero-order chi connectivity index (χ0) is 13.9. The van der Waals surface area contributed by atoms with Gasteiger partial charge < -0.3 is 20.3 Å². The molecule has 110 valence electrons. The molecule has 1 amide bonds. The number of amides is 1. The van der Waals surface area contributed by atoms with Gasteiger partial charge in [0.05, 0.1) is 0 Å². The third-order valence-corrected chi connectivity index (χ3v) is 3.68. The van der Waals surface area contributed by atoms with E-state index in [0.717, 1.165) is 39.0 Å². The number of likely N-dealkylation sites (tertiary alicyclic amines) is 1. The molecule has 0 bridgehead atoms. The Morgan fingerprint density at radius 2 is 1.89 bits per heavy atom. The minimum atomic E-state index is -0.401. The molecule has 0 saturated carbocycles. The van der Waals surface area contributed by atoms with Crippen molar-refractivity contribution in [3.8, 4) is 0 Å². The quantitative estimate of drug-likeness (QED) is 0.794. The largest absolute Gasteiger partial charge is 0.444 e. The number of rotatable bonds is 2. The van der Waals surface area contributed by atoms with Crippen LogP contribution < -0.4 is 10.6 Å². The summed E-state index contributed by atoms with van der Waals surface area (Å²) in [6.45, 7) is 9.52. The molecule has 0 spiro atoms. The van der Waals surface area contributed by atoms with Crippen molar-refractivity contribution < 1.29 is 9.53 Å². The van der Waals surface area contributed by atoms with E-state index in [1.54, 1.807) is 0 Å². The molecule has 5 nitrogen and oxygen atoms in total. The minimum absolute atomic E-state index is 0.173. The standard InChI is InChI=1S/C14H27N3O2/c1-14(2,3)19-13(18)17-8-5-11(6-9-17)16-12-4-7-15-10-12/h11-12,15-16H,4-10H2,1-3H3/t12-/m1/s1. The highest BCUT2D eigenvalue weighted by molar-refractivity contribution is 5.68. The average Bonchev–Trinajstić information content (AvgIpc) is 2.80. The van der Waals surface area contributed by atoms with Gasteiger partial charge in [-0.15, -0.1) is 0 Å². The van der Waals surface area contributed by atoms with Crippen LogP contribution in [0.2, 0.25) is 0 Å². The second kappa shape index (κ2) is 6.09. The molecule has 2 aliphatic rings. The van der Waals surface area contributed by atoms with Gasteiger partial charge in [0.15, 0.2) is 0 Å². The number of carbonyl (C=O) groups excluding carboxylic acids is 1. The number of carbonyl (C=O) groups is 1. The number of hydrogen-bond donors (Lipinski definition) is 2. The van der Waals surface area contributed by atoms with E-state index in [1.807, 2.05) is 25.7 Å². The van der Waals surface area contributed by atoms with Crippen LogP contribution in [0.25, 0.3) is 0 Å². The van der Waals surface area contributed by atoms with Crippen molar-refractivity contribution in [1.29, 1.82) is 0 Å². The summed E-state index contributed by atoms with van der Waals surface area (Å²) >= 11 is 0. The van der Waals surface area contributed by atoms with Crippen LogP contribution in [0.3, 0.4) is 0 Å². The van der Waals surface area contributed by atoms with E-state index in [4.69, 9.17) is 4.74 Å². The van der Waals surface area contributed by atoms with Crippen molar-refractivity contribution in [2.24, 2.45) is 0 Å². The molecule has 2 heterocycles. The molecule has 5 heteroatoms. The first-order valence-corrected chi connectivity index (χ1v) is 7.39. The van der Waals surface area contributed by atoms with E-state index in [0.29, 0.717) is 12.1 Å². The molecule has 19 heavy (non-hydrogen) atoms. The van der Waals surface area contributed by atoms with Gasteiger partial charge in [-0.3, -0.25) is 0 Å². The van der Waals surface area contributed by atoms with Crippen LogP contribution in [-0.4, -0.2) is 54.9 Å². The van der Waals surface area contributed by atoms with Crippen molar-refractivity contribution in [3.63, 3.8) is 0 Å². The van der Waals surface area contributed by atoms with E-state index >= 15 is 0 Å². The number of nitrogens with zero attached hydrogens (tertiary/aromatic N) is 1. The Morgan fingerprint density at radius 3 is 2.42 bits per heavy atom. The molecular weight excluding hydrogens is 242 g/mol. The fourth-order valence-corrected chi connectivity index (χ4v) is 2.69.